The van der Waals surface area contributed by atoms with Gasteiger partial charge in [-0.1, -0.05) is 30.3 Å². The van der Waals surface area contributed by atoms with Crippen molar-refractivity contribution in [2.24, 2.45) is 0 Å². The minimum absolute atomic E-state index is 0.339. The first kappa shape index (κ1) is 27.5. The average Bonchev–Trinajstić information content (AvgIpc) is 3.68. The largest absolute Gasteiger partial charge is 0.383 e. The van der Waals surface area contributed by atoms with Crippen molar-refractivity contribution in [3.05, 3.63) is 95.7 Å². The van der Waals surface area contributed by atoms with Crippen molar-refractivity contribution in [3.63, 3.8) is 0 Å². The molecule has 2 atom stereocenters. The summed E-state index contributed by atoms with van der Waals surface area (Å²) < 4.78 is 22.4. The number of nitrogens with zero attached hydrogens (tertiary/aromatic N) is 6. The summed E-state index contributed by atoms with van der Waals surface area (Å²) in [5, 5.41) is 21.1. The molecule has 0 bridgehead atoms. The molecule has 1 aliphatic heterocycles. The zero-order chi connectivity index (χ0) is 29.2. The normalized spacial score (nSPS) is 17.1. The number of aryl methyl sites for hydroxylation is 1. The average molecular weight is 571 g/mol. The SMILES string of the molecule is COCCN1C[C@@H](NC(=O)Nc2c(C)c(-c3ccc4nnc(C)n4c3)nn2-c2ccccc2)[C@H](c2ccc(F)cc2)O1. The molecule has 4 heterocycles. The molecule has 0 saturated carbocycles. The lowest BCUT2D eigenvalue weighted by Gasteiger charge is -2.19. The number of pyridine rings is 1. The molecular weight excluding hydrogens is 539 g/mol. The lowest BCUT2D eigenvalue weighted by molar-refractivity contribution is -0.154. The van der Waals surface area contributed by atoms with Crippen LogP contribution in [0.15, 0.2) is 72.9 Å². The van der Waals surface area contributed by atoms with Gasteiger partial charge in [0.25, 0.3) is 0 Å². The zero-order valence-corrected chi connectivity index (χ0v) is 23.5. The third-order valence-corrected chi connectivity index (χ3v) is 7.29. The summed E-state index contributed by atoms with van der Waals surface area (Å²) in [6.07, 6.45) is 1.44. The van der Waals surface area contributed by atoms with E-state index in [1.807, 2.05) is 66.9 Å². The van der Waals surface area contributed by atoms with Crippen molar-refractivity contribution in [1.29, 1.82) is 0 Å². The van der Waals surface area contributed by atoms with E-state index in [4.69, 9.17) is 14.7 Å². The van der Waals surface area contributed by atoms with Gasteiger partial charge in [0.2, 0.25) is 0 Å². The molecule has 0 spiro atoms. The number of hydrogen-bond donors (Lipinski definition) is 2. The highest BCUT2D eigenvalue weighted by Gasteiger charge is 2.36. The van der Waals surface area contributed by atoms with Gasteiger partial charge in [0.05, 0.1) is 24.0 Å². The molecule has 11 nitrogen and oxygen atoms in total. The van der Waals surface area contributed by atoms with Crippen molar-refractivity contribution in [3.8, 4) is 16.9 Å². The number of hydrogen-bond acceptors (Lipinski definition) is 7. The first-order valence-corrected chi connectivity index (χ1v) is 13.6. The second-order valence-corrected chi connectivity index (χ2v) is 10.1. The number of fused-ring (bicyclic) bond motifs is 1. The lowest BCUT2D eigenvalue weighted by atomic mass is 10.0. The van der Waals surface area contributed by atoms with Gasteiger partial charge in [0.15, 0.2) is 5.65 Å². The molecular formula is C30H31FN8O3. The number of para-hydroxylation sites is 1. The monoisotopic (exact) mass is 570 g/mol. The molecule has 1 saturated heterocycles. The highest BCUT2D eigenvalue weighted by Crippen LogP contribution is 2.32. The van der Waals surface area contributed by atoms with Crippen LogP contribution in [-0.4, -0.2) is 68.3 Å². The Labute approximate surface area is 241 Å². The Kier molecular flexibility index (Phi) is 7.66. The Morgan fingerprint density at radius 1 is 1.07 bits per heavy atom. The fraction of sp³-hybridized carbons (Fsp3) is 0.267. The first-order valence-electron chi connectivity index (χ1n) is 13.6. The predicted octanol–water partition coefficient (Wildman–Crippen LogP) is 4.46. The standard InChI is InChI=1S/C30H31FN8O3/c1-19-27(22-11-14-26-35-34-20(2)38(26)17-22)36-39(24-7-5-4-6-8-24)29(19)33-30(40)32-25-18-37(15-16-41-3)42-28(25)21-9-12-23(31)13-10-21/h4-14,17,25,28H,15-16,18H2,1-3H3,(H2,32,33,40)/t25-,28+/m1/s1. The van der Waals surface area contributed by atoms with Gasteiger partial charge in [0, 0.05) is 37.5 Å². The smallest absolute Gasteiger partial charge is 0.320 e. The molecule has 42 heavy (non-hydrogen) atoms. The highest BCUT2D eigenvalue weighted by atomic mass is 19.1. The van der Waals surface area contributed by atoms with Crippen molar-refractivity contribution in [2.45, 2.75) is 26.0 Å². The Morgan fingerprint density at radius 3 is 2.62 bits per heavy atom. The number of benzene rings is 2. The van der Waals surface area contributed by atoms with Crippen molar-refractivity contribution in [1.82, 2.24) is 34.8 Å². The molecule has 0 aliphatic carbocycles. The maximum Gasteiger partial charge on any atom is 0.320 e. The third kappa shape index (κ3) is 5.47. The molecule has 6 rings (SSSR count). The number of hydroxylamine groups is 2. The van der Waals surface area contributed by atoms with Gasteiger partial charge in [-0.05, 0) is 55.8 Å². The van der Waals surface area contributed by atoms with Gasteiger partial charge in [-0.15, -0.1) is 10.2 Å². The fourth-order valence-corrected chi connectivity index (χ4v) is 5.13. The topological polar surface area (TPSA) is 111 Å². The first-order chi connectivity index (χ1) is 20.4. The van der Waals surface area contributed by atoms with Crippen LogP contribution >= 0.6 is 0 Å². The van der Waals surface area contributed by atoms with Gasteiger partial charge in [-0.3, -0.25) is 14.6 Å². The number of ether oxygens (including phenoxy) is 1. The Balaban J connectivity index is 1.30. The van der Waals surface area contributed by atoms with Crippen LogP contribution in [0.3, 0.4) is 0 Å². The van der Waals surface area contributed by atoms with E-state index in [0.29, 0.717) is 31.2 Å². The summed E-state index contributed by atoms with van der Waals surface area (Å²) >= 11 is 0. The van der Waals surface area contributed by atoms with Crippen molar-refractivity contribution < 1.29 is 18.8 Å². The third-order valence-electron chi connectivity index (χ3n) is 7.29. The van der Waals surface area contributed by atoms with E-state index >= 15 is 0 Å². The fourth-order valence-electron chi connectivity index (χ4n) is 5.13. The Hall–Kier alpha value is -4.65. The lowest BCUT2D eigenvalue weighted by Crippen LogP contribution is -2.42. The maximum atomic E-state index is 13.6. The van der Waals surface area contributed by atoms with E-state index in [0.717, 1.165) is 33.8 Å². The number of halogens is 1. The number of anilines is 1. The molecule has 2 aromatic carbocycles. The summed E-state index contributed by atoms with van der Waals surface area (Å²) in [6.45, 7) is 5.23. The Bertz CT molecular complexity index is 1700. The van der Waals surface area contributed by atoms with Crippen LogP contribution in [0.1, 0.15) is 23.1 Å². The highest BCUT2D eigenvalue weighted by molar-refractivity contribution is 5.91. The van der Waals surface area contributed by atoms with Crippen LogP contribution in [0.4, 0.5) is 15.0 Å². The van der Waals surface area contributed by atoms with Crippen LogP contribution in [0.5, 0.6) is 0 Å². The molecule has 216 valence electrons. The number of urea groups is 1. The second-order valence-electron chi connectivity index (χ2n) is 10.1. The Morgan fingerprint density at radius 2 is 1.86 bits per heavy atom. The maximum absolute atomic E-state index is 13.6. The van der Waals surface area contributed by atoms with E-state index in [-0.39, 0.29) is 5.82 Å². The van der Waals surface area contributed by atoms with Gasteiger partial charge in [-0.2, -0.15) is 10.2 Å². The quantitative estimate of drug-likeness (QED) is 0.283. The molecule has 1 aliphatic rings. The number of amides is 2. The molecule has 12 heteroatoms. The number of carbonyl (C=O) groups is 1. The summed E-state index contributed by atoms with van der Waals surface area (Å²) in [6, 6.07) is 18.7. The van der Waals surface area contributed by atoms with Crippen LogP contribution in [-0.2, 0) is 9.57 Å². The van der Waals surface area contributed by atoms with E-state index < -0.39 is 18.2 Å². The summed E-state index contributed by atoms with van der Waals surface area (Å²) in [7, 11) is 1.62. The predicted molar refractivity (Wildman–Crippen MR) is 155 cm³/mol. The summed E-state index contributed by atoms with van der Waals surface area (Å²) in [5.74, 6) is 0.954. The molecule has 0 radical (unpaired) electrons. The second kappa shape index (κ2) is 11.7. The molecule has 2 N–H and O–H groups in total. The number of nitrogens with one attached hydrogen (secondary N) is 2. The van der Waals surface area contributed by atoms with Crippen LogP contribution in [0, 0.1) is 19.7 Å². The summed E-state index contributed by atoms with van der Waals surface area (Å²) in [4.78, 5) is 19.7. The minimum atomic E-state index is -0.498. The van der Waals surface area contributed by atoms with E-state index in [1.165, 1.54) is 12.1 Å². The van der Waals surface area contributed by atoms with Crippen LogP contribution in [0.2, 0.25) is 0 Å². The molecule has 3 aromatic heterocycles. The number of methoxy groups -OCH3 is 1. The van der Waals surface area contributed by atoms with Crippen molar-refractivity contribution in [2.75, 3.05) is 32.1 Å². The zero-order valence-electron chi connectivity index (χ0n) is 23.5. The molecule has 0 unspecified atom stereocenters. The van der Waals surface area contributed by atoms with E-state index in [1.54, 1.807) is 29.0 Å². The van der Waals surface area contributed by atoms with Crippen molar-refractivity contribution >= 4 is 17.5 Å². The molecule has 5 aromatic rings. The molecule has 2 amide bonds. The number of rotatable bonds is 8. The van der Waals surface area contributed by atoms with Gasteiger partial charge < -0.3 is 10.1 Å². The van der Waals surface area contributed by atoms with Crippen LogP contribution < -0.4 is 10.6 Å². The minimum Gasteiger partial charge on any atom is -0.383 e. The van der Waals surface area contributed by atoms with Gasteiger partial charge >= 0.3 is 6.03 Å². The van der Waals surface area contributed by atoms with Crippen LogP contribution in [0.25, 0.3) is 22.6 Å². The van der Waals surface area contributed by atoms with Gasteiger partial charge in [0.1, 0.15) is 23.6 Å². The van der Waals surface area contributed by atoms with Gasteiger partial charge in [-0.25, -0.2) is 13.9 Å². The van der Waals surface area contributed by atoms with E-state index in [9.17, 15) is 9.18 Å². The molecule has 1 fully saturated rings. The number of carbonyl (C=O) groups excluding carboxylic acids is 1. The van der Waals surface area contributed by atoms with E-state index in [2.05, 4.69) is 20.8 Å². The number of aromatic nitrogens is 5. The summed E-state index contributed by atoms with van der Waals surface area (Å²) in [5.41, 5.74) is 4.65.